The van der Waals surface area contributed by atoms with Gasteiger partial charge in [-0.05, 0) is 46.0 Å². The summed E-state index contributed by atoms with van der Waals surface area (Å²) in [5.74, 6) is 0.608. The van der Waals surface area contributed by atoms with E-state index in [1.165, 1.54) is 0 Å². The normalized spacial score (nSPS) is 54.0. The molecule has 3 fully saturated rings. The van der Waals surface area contributed by atoms with Crippen molar-refractivity contribution in [3.8, 4) is 0 Å². The third kappa shape index (κ3) is 1.92. The average molecular weight is 240 g/mol. The number of hydrogen-bond donors (Lipinski definition) is 0. The Morgan fingerprint density at radius 3 is 2.65 bits per heavy atom. The van der Waals surface area contributed by atoms with Crippen molar-refractivity contribution in [3.05, 3.63) is 0 Å². The van der Waals surface area contributed by atoms with Crippen LogP contribution in [0.5, 0.6) is 0 Å². The molecule has 0 amide bonds. The van der Waals surface area contributed by atoms with E-state index in [1.54, 1.807) is 0 Å². The molecule has 0 aromatic carbocycles. The van der Waals surface area contributed by atoms with Gasteiger partial charge in [-0.1, -0.05) is 6.92 Å². The van der Waals surface area contributed by atoms with E-state index in [1.807, 2.05) is 0 Å². The number of epoxide rings is 2. The number of ether oxygens (including phenoxy) is 3. The highest BCUT2D eigenvalue weighted by atomic mass is 16.6. The summed E-state index contributed by atoms with van der Waals surface area (Å²) in [6.07, 6.45) is 4.28. The van der Waals surface area contributed by atoms with Gasteiger partial charge < -0.3 is 14.2 Å². The molecule has 3 aliphatic rings. The lowest BCUT2D eigenvalue weighted by atomic mass is 9.75. The Hall–Kier alpha value is -0.120. The fourth-order valence-corrected chi connectivity index (χ4v) is 3.10. The summed E-state index contributed by atoms with van der Waals surface area (Å²) >= 11 is 0. The van der Waals surface area contributed by atoms with Crippen molar-refractivity contribution in [2.24, 2.45) is 5.92 Å². The molecule has 0 bridgehead atoms. The minimum atomic E-state index is -0.00875. The highest BCUT2D eigenvalue weighted by Crippen LogP contribution is 2.55. The van der Waals surface area contributed by atoms with Crippen LogP contribution in [0.4, 0.5) is 0 Å². The first-order valence-electron chi connectivity index (χ1n) is 6.95. The minimum absolute atomic E-state index is 0.00875. The van der Waals surface area contributed by atoms with E-state index >= 15 is 0 Å². The maximum Gasteiger partial charge on any atom is 0.118 e. The fourth-order valence-electron chi connectivity index (χ4n) is 3.10. The van der Waals surface area contributed by atoms with Crippen molar-refractivity contribution < 1.29 is 14.2 Å². The fraction of sp³-hybridized carbons (Fsp3) is 1.00. The quantitative estimate of drug-likeness (QED) is 0.708. The molecule has 0 aromatic heterocycles. The summed E-state index contributed by atoms with van der Waals surface area (Å²) in [6.45, 7) is 9.67. The lowest BCUT2D eigenvalue weighted by molar-refractivity contribution is -0.0631. The highest BCUT2D eigenvalue weighted by Gasteiger charge is 2.65. The number of hydrogen-bond acceptors (Lipinski definition) is 3. The zero-order valence-corrected chi connectivity index (χ0v) is 11.4. The predicted octanol–water partition coefficient (Wildman–Crippen LogP) is 2.53. The average Bonchev–Trinajstić information content (AvgIpc) is 3.16. The zero-order chi connectivity index (χ0) is 12.3. The molecular weight excluding hydrogens is 216 g/mol. The van der Waals surface area contributed by atoms with Gasteiger partial charge >= 0.3 is 0 Å². The van der Waals surface area contributed by atoms with Gasteiger partial charge in [0.1, 0.15) is 5.60 Å². The molecule has 3 nitrogen and oxygen atoms in total. The zero-order valence-electron chi connectivity index (χ0n) is 11.4. The number of fused-ring (bicyclic) bond motifs is 1. The maximum atomic E-state index is 6.17. The van der Waals surface area contributed by atoms with Crippen molar-refractivity contribution in [1.29, 1.82) is 0 Å². The van der Waals surface area contributed by atoms with E-state index in [9.17, 15) is 0 Å². The summed E-state index contributed by atoms with van der Waals surface area (Å²) in [4.78, 5) is 0. The van der Waals surface area contributed by atoms with Crippen LogP contribution in [0.15, 0.2) is 0 Å². The molecule has 2 heterocycles. The van der Waals surface area contributed by atoms with Crippen LogP contribution >= 0.6 is 0 Å². The van der Waals surface area contributed by atoms with Gasteiger partial charge in [0, 0.05) is 0 Å². The second-order valence-corrected chi connectivity index (χ2v) is 6.40. The van der Waals surface area contributed by atoms with E-state index in [0.29, 0.717) is 18.1 Å². The lowest BCUT2D eigenvalue weighted by Gasteiger charge is -2.34. The smallest absolute Gasteiger partial charge is 0.118 e. The van der Waals surface area contributed by atoms with Crippen molar-refractivity contribution in [2.75, 3.05) is 6.61 Å². The van der Waals surface area contributed by atoms with Gasteiger partial charge in [0.05, 0.1) is 30.5 Å². The minimum Gasteiger partial charge on any atom is -0.372 e. The molecular formula is C14H24O3. The second-order valence-electron chi connectivity index (χ2n) is 6.40. The van der Waals surface area contributed by atoms with Crippen LogP contribution in [0.3, 0.4) is 0 Å². The first-order chi connectivity index (χ1) is 7.98. The molecule has 2 aliphatic heterocycles. The Balaban J connectivity index is 1.68. The van der Waals surface area contributed by atoms with Crippen molar-refractivity contribution in [1.82, 2.24) is 0 Å². The molecule has 0 spiro atoms. The van der Waals surface area contributed by atoms with Gasteiger partial charge in [0.15, 0.2) is 0 Å². The van der Waals surface area contributed by atoms with E-state index in [2.05, 4.69) is 27.7 Å². The Morgan fingerprint density at radius 2 is 2.06 bits per heavy atom. The van der Waals surface area contributed by atoms with Crippen molar-refractivity contribution in [3.63, 3.8) is 0 Å². The molecule has 6 unspecified atom stereocenters. The molecule has 6 atom stereocenters. The summed E-state index contributed by atoms with van der Waals surface area (Å²) in [5, 5.41) is 0. The van der Waals surface area contributed by atoms with Gasteiger partial charge in [-0.2, -0.15) is 0 Å². The highest BCUT2D eigenvalue weighted by molar-refractivity contribution is 5.13. The summed E-state index contributed by atoms with van der Waals surface area (Å²) in [7, 11) is 0. The van der Waals surface area contributed by atoms with Crippen LogP contribution < -0.4 is 0 Å². The third-order valence-corrected chi connectivity index (χ3v) is 5.05. The second kappa shape index (κ2) is 3.69. The molecule has 2 saturated heterocycles. The largest absolute Gasteiger partial charge is 0.372 e. The van der Waals surface area contributed by atoms with Crippen LogP contribution in [0.1, 0.15) is 47.0 Å². The van der Waals surface area contributed by atoms with Gasteiger partial charge in [-0.25, -0.2) is 0 Å². The molecule has 1 aliphatic carbocycles. The first-order valence-corrected chi connectivity index (χ1v) is 6.95. The Kier molecular flexibility index (Phi) is 2.59. The van der Waals surface area contributed by atoms with Crippen LogP contribution in [-0.4, -0.2) is 36.1 Å². The van der Waals surface area contributed by atoms with Gasteiger partial charge in [-0.15, -0.1) is 0 Å². The van der Waals surface area contributed by atoms with Gasteiger partial charge in [0.2, 0.25) is 0 Å². The summed E-state index contributed by atoms with van der Waals surface area (Å²) in [6, 6.07) is 0. The molecule has 1 saturated carbocycles. The maximum absolute atomic E-state index is 6.17. The Bertz CT molecular complexity index is 313. The lowest BCUT2D eigenvalue weighted by Crippen LogP contribution is -2.43. The van der Waals surface area contributed by atoms with E-state index in [0.717, 1.165) is 25.9 Å². The van der Waals surface area contributed by atoms with Crippen LogP contribution in [0, 0.1) is 5.92 Å². The van der Waals surface area contributed by atoms with Crippen LogP contribution in [0.25, 0.3) is 0 Å². The monoisotopic (exact) mass is 240 g/mol. The SMILES string of the molecule is CCC(C)OC1CC(C2(C)CO2)CC2OC12C. The third-order valence-electron chi connectivity index (χ3n) is 5.05. The molecule has 0 aromatic rings. The van der Waals surface area contributed by atoms with E-state index in [4.69, 9.17) is 14.2 Å². The first kappa shape index (κ1) is 11.9. The number of rotatable bonds is 4. The van der Waals surface area contributed by atoms with Crippen molar-refractivity contribution >= 4 is 0 Å². The Morgan fingerprint density at radius 1 is 1.35 bits per heavy atom. The molecule has 0 N–H and O–H groups in total. The topological polar surface area (TPSA) is 34.3 Å². The predicted molar refractivity (Wildman–Crippen MR) is 65.0 cm³/mol. The van der Waals surface area contributed by atoms with E-state index < -0.39 is 0 Å². The summed E-state index contributed by atoms with van der Waals surface area (Å²) in [5.41, 5.74) is 0.107. The standard InChI is InChI=1S/C14H24O3/c1-5-9(2)16-11-6-10(13(3)8-15-13)7-12-14(11,4)17-12/h9-12H,5-8H2,1-4H3. The summed E-state index contributed by atoms with van der Waals surface area (Å²) < 4.78 is 17.7. The molecule has 98 valence electrons. The van der Waals surface area contributed by atoms with Gasteiger partial charge in [-0.3, -0.25) is 0 Å². The van der Waals surface area contributed by atoms with Gasteiger partial charge in [0.25, 0.3) is 0 Å². The molecule has 0 radical (unpaired) electrons. The molecule has 3 rings (SSSR count). The van der Waals surface area contributed by atoms with Crippen LogP contribution in [0.2, 0.25) is 0 Å². The van der Waals surface area contributed by atoms with E-state index in [-0.39, 0.29) is 17.3 Å². The Labute approximate surface area is 104 Å². The van der Waals surface area contributed by atoms with Crippen LogP contribution in [-0.2, 0) is 14.2 Å². The molecule has 3 heteroatoms. The molecule has 17 heavy (non-hydrogen) atoms. The van der Waals surface area contributed by atoms with Crippen molar-refractivity contribution in [2.45, 2.75) is 76.5 Å².